The van der Waals surface area contributed by atoms with Gasteiger partial charge in [0.25, 0.3) is 5.91 Å². The van der Waals surface area contributed by atoms with Crippen LogP contribution in [0.2, 0.25) is 10.0 Å². The van der Waals surface area contributed by atoms with Gasteiger partial charge in [-0.15, -0.1) is 11.3 Å². The number of rotatable bonds is 5. The van der Waals surface area contributed by atoms with Gasteiger partial charge in [0.15, 0.2) is 9.84 Å². The summed E-state index contributed by atoms with van der Waals surface area (Å²) in [6, 6.07) is 11.8. The maximum absolute atomic E-state index is 13.0. The summed E-state index contributed by atoms with van der Waals surface area (Å²) in [6.07, 6.45) is 0. The van der Waals surface area contributed by atoms with Crippen molar-refractivity contribution in [3.8, 4) is 0 Å². The SMILES string of the molecule is Cc1ccc(NC(=O)c2sccc2S(=O)(=O)Cc2c(Cl)cccc2Cl)cc1C. The standard InChI is InChI=1S/C20H17Cl2NO3S2/c1-12-6-7-14(10-13(12)2)23-20(24)19-18(8-9-27-19)28(25,26)11-15-16(21)4-3-5-17(15)22/h3-10H,11H2,1-2H3,(H,23,24). The molecular weight excluding hydrogens is 437 g/mol. The van der Waals surface area contributed by atoms with Crippen LogP contribution in [0.4, 0.5) is 5.69 Å². The van der Waals surface area contributed by atoms with Gasteiger partial charge in [0.2, 0.25) is 0 Å². The number of carbonyl (C=O) groups is 1. The number of carbonyl (C=O) groups excluding carboxylic acids is 1. The van der Waals surface area contributed by atoms with E-state index >= 15 is 0 Å². The summed E-state index contributed by atoms with van der Waals surface area (Å²) in [6.45, 7) is 3.92. The quantitative estimate of drug-likeness (QED) is 0.522. The minimum Gasteiger partial charge on any atom is -0.321 e. The zero-order chi connectivity index (χ0) is 20.5. The van der Waals surface area contributed by atoms with E-state index in [2.05, 4.69) is 5.32 Å². The van der Waals surface area contributed by atoms with E-state index in [9.17, 15) is 13.2 Å². The Morgan fingerprint density at radius 1 is 1.04 bits per heavy atom. The van der Waals surface area contributed by atoms with Crippen molar-refractivity contribution in [2.45, 2.75) is 24.5 Å². The van der Waals surface area contributed by atoms with Crippen molar-refractivity contribution in [3.05, 3.63) is 79.5 Å². The van der Waals surface area contributed by atoms with Crippen molar-refractivity contribution in [2.24, 2.45) is 0 Å². The highest BCUT2D eigenvalue weighted by Crippen LogP contribution is 2.31. The smallest absolute Gasteiger partial charge is 0.267 e. The zero-order valence-corrected chi connectivity index (χ0v) is 18.3. The lowest BCUT2D eigenvalue weighted by Gasteiger charge is -2.10. The molecule has 0 aliphatic carbocycles. The number of nitrogens with one attached hydrogen (secondary N) is 1. The molecule has 0 unspecified atom stereocenters. The molecule has 2 aromatic carbocycles. The van der Waals surface area contributed by atoms with E-state index in [0.717, 1.165) is 22.5 Å². The summed E-state index contributed by atoms with van der Waals surface area (Å²) < 4.78 is 25.9. The van der Waals surface area contributed by atoms with Gasteiger partial charge in [-0.25, -0.2) is 8.42 Å². The molecule has 0 aliphatic heterocycles. The van der Waals surface area contributed by atoms with E-state index in [0.29, 0.717) is 11.3 Å². The van der Waals surface area contributed by atoms with Gasteiger partial charge in [-0.3, -0.25) is 4.79 Å². The van der Waals surface area contributed by atoms with Gasteiger partial charge in [0.05, 0.1) is 10.6 Å². The van der Waals surface area contributed by atoms with E-state index in [1.807, 2.05) is 26.0 Å². The Bertz CT molecular complexity index is 1130. The highest BCUT2D eigenvalue weighted by atomic mass is 35.5. The number of thiophene rings is 1. The molecule has 0 spiro atoms. The Morgan fingerprint density at radius 3 is 2.36 bits per heavy atom. The number of hydrogen-bond acceptors (Lipinski definition) is 4. The molecule has 0 bridgehead atoms. The number of sulfone groups is 1. The lowest BCUT2D eigenvalue weighted by atomic mass is 10.1. The maximum Gasteiger partial charge on any atom is 0.267 e. The number of amides is 1. The Hall–Kier alpha value is -1.86. The Kier molecular flexibility index (Phi) is 6.15. The Morgan fingerprint density at radius 2 is 1.71 bits per heavy atom. The molecule has 1 heterocycles. The molecule has 1 aromatic heterocycles. The van der Waals surface area contributed by atoms with Crippen molar-refractivity contribution in [2.75, 3.05) is 5.32 Å². The number of halogens is 2. The summed E-state index contributed by atoms with van der Waals surface area (Å²) in [5, 5.41) is 4.89. The fourth-order valence-corrected chi connectivity index (χ4v) is 6.13. The van der Waals surface area contributed by atoms with Gasteiger partial charge < -0.3 is 5.32 Å². The second kappa shape index (κ2) is 8.25. The zero-order valence-electron chi connectivity index (χ0n) is 15.1. The fourth-order valence-electron chi connectivity index (χ4n) is 2.65. The summed E-state index contributed by atoms with van der Waals surface area (Å²) >= 11 is 13.3. The topological polar surface area (TPSA) is 63.2 Å². The first kappa shape index (κ1) is 20.9. The lowest BCUT2D eigenvalue weighted by molar-refractivity contribution is 0.102. The Balaban J connectivity index is 1.89. The minimum atomic E-state index is -3.82. The van der Waals surface area contributed by atoms with E-state index in [1.54, 1.807) is 29.6 Å². The lowest BCUT2D eigenvalue weighted by Crippen LogP contribution is -2.15. The van der Waals surface area contributed by atoms with Gasteiger partial charge in [0.1, 0.15) is 4.88 Å². The molecule has 3 aromatic rings. The van der Waals surface area contributed by atoms with Crippen LogP contribution in [0.5, 0.6) is 0 Å². The van der Waals surface area contributed by atoms with Crippen molar-refractivity contribution in [3.63, 3.8) is 0 Å². The molecule has 0 saturated heterocycles. The molecule has 28 heavy (non-hydrogen) atoms. The first-order valence-electron chi connectivity index (χ1n) is 8.31. The van der Waals surface area contributed by atoms with Crippen LogP contribution < -0.4 is 5.32 Å². The number of anilines is 1. The predicted octanol–water partition coefficient (Wildman–Crippen LogP) is 5.90. The van der Waals surface area contributed by atoms with Crippen molar-refractivity contribution in [1.29, 1.82) is 0 Å². The van der Waals surface area contributed by atoms with Crippen LogP contribution in [-0.4, -0.2) is 14.3 Å². The van der Waals surface area contributed by atoms with Gasteiger partial charge in [-0.05, 0) is 60.7 Å². The fraction of sp³-hybridized carbons (Fsp3) is 0.150. The highest BCUT2D eigenvalue weighted by molar-refractivity contribution is 7.91. The monoisotopic (exact) mass is 453 g/mol. The van der Waals surface area contributed by atoms with Gasteiger partial charge >= 0.3 is 0 Å². The van der Waals surface area contributed by atoms with Crippen LogP contribution in [0.3, 0.4) is 0 Å². The number of aryl methyl sites for hydroxylation is 2. The normalized spacial score (nSPS) is 11.4. The molecule has 146 valence electrons. The molecule has 0 saturated carbocycles. The van der Waals surface area contributed by atoms with E-state index < -0.39 is 15.7 Å². The average Bonchev–Trinajstić information content (AvgIpc) is 3.12. The number of benzene rings is 2. The summed E-state index contributed by atoms with van der Waals surface area (Å²) in [4.78, 5) is 12.8. The molecule has 4 nitrogen and oxygen atoms in total. The van der Waals surface area contributed by atoms with Crippen LogP contribution in [-0.2, 0) is 15.6 Å². The molecule has 0 fully saturated rings. The first-order chi connectivity index (χ1) is 13.2. The second-order valence-electron chi connectivity index (χ2n) is 6.33. The molecule has 0 atom stereocenters. The van der Waals surface area contributed by atoms with Gasteiger partial charge in [-0.1, -0.05) is 35.3 Å². The van der Waals surface area contributed by atoms with E-state index in [-0.39, 0.29) is 25.6 Å². The summed E-state index contributed by atoms with van der Waals surface area (Å²) in [5.41, 5.74) is 3.07. The first-order valence-corrected chi connectivity index (χ1v) is 11.6. The summed E-state index contributed by atoms with van der Waals surface area (Å²) in [5.74, 6) is -0.853. The highest BCUT2D eigenvalue weighted by Gasteiger charge is 2.26. The molecular formula is C20H17Cl2NO3S2. The Labute approximate surface area is 178 Å². The van der Waals surface area contributed by atoms with Gasteiger partial charge in [-0.2, -0.15) is 0 Å². The van der Waals surface area contributed by atoms with Crippen molar-refractivity contribution in [1.82, 2.24) is 0 Å². The van der Waals surface area contributed by atoms with E-state index in [4.69, 9.17) is 23.2 Å². The molecule has 1 N–H and O–H groups in total. The third kappa shape index (κ3) is 4.41. The van der Waals surface area contributed by atoms with Crippen molar-refractivity contribution < 1.29 is 13.2 Å². The third-order valence-corrected chi connectivity index (χ3v) is 7.76. The van der Waals surface area contributed by atoms with Gasteiger partial charge in [0, 0.05) is 21.3 Å². The molecule has 0 aliphatic rings. The molecule has 0 radical (unpaired) electrons. The number of hydrogen-bond donors (Lipinski definition) is 1. The largest absolute Gasteiger partial charge is 0.321 e. The predicted molar refractivity (Wildman–Crippen MR) is 116 cm³/mol. The maximum atomic E-state index is 13.0. The summed E-state index contributed by atoms with van der Waals surface area (Å²) in [7, 11) is -3.82. The third-order valence-electron chi connectivity index (χ3n) is 4.33. The van der Waals surface area contributed by atoms with Crippen LogP contribution in [0, 0.1) is 13.8 Å². The van der Waals surface area contributed by atoms with Crippen LogP contribution >= 0.6 is 34.5 Å². The molecule has 8 heteroatoms. The molecule has 3 rings (SSSR count). The second-order valence-corrected chi connectivity index (χ2v) is 10.0. The minimum absolute atomic E-state index is 0.0326. The van der Waals surface area contributed by atoms with Crippen LogP contribution in [0.15, 0.2) is 52.7 Å². The van der Waals surface area contributed by atoms with Crippen LogP contribution in [0.25, 0.3) is 0 Å². The van der Waals surface area contributed by atoms with E-state index in [1.165, 1.54) is 6.07 Å². The molecule has 1 amide bonds. The van der Waals surface area contributed by atoms with Crippen molar-refractivity contribution >= 4 is 56.0 Å². The average molecular weight is 454 g/mol. The van der Waals surface area contributed by atoms with Crippen LogP contribution in [0.1, 0.15) is 26.4 Å².